The molecular formula is C27H29F. The zero-order valence-corrected chi connectivity index (χ0v) is 16.7. The molecule has 0 bridgehead atoms. The summed E-state index contributed by atoms with van der Waals surface area (Å²) in [7, 11) is 0. The lowest BCUT2D eigenvalue weighted by Crippen LogP contribution is -2.15. The molecule has 0 aliphatic heterocycles. The van der Waals surface area contributed by atoms with E-state index in [4.69, 9.17) is 0 Å². The van der Waals surface area contributed by atoms with E-state index in [9.17, 15) is 4.39 Å². The summed E-state index contributed by atoms with van der Waals surface area (Å²) >= 11 is 0. The van der Waals surface area contributed by atoms with Crippen LogP contribution in [-0.4, -0.2) is 0 Å². The van der Waals surface area contributed by atoms with Crippen LogP contribution in [0.2, 0.25) is 0 Å². The molecule has 1 atom stereocenters. The van der Waals surface area contributed by atoms with Gasteiger partial charge < -0.3 is 0 Å². The number of benzene rings is 3. The molecule has 1 saturated carbocycles. The standard InChI is InChI=1S/C27H29F/c1-20(22-5-3-2-4-6-22)19-21-7-9-23(10-8-21)24-11-13-25(14-12-24)26-15-17-27(28)18-16-26/h2-6,11-18,20-21,23H,7-10,19H2,1H3/t20-,21?,23?/m1/s1. The van der Waals surface area contributed by atoms with E-state index >= 15 is 0 Å². The Morgan fingerprint density at radius 3 is 1.93 bits per heavy atom. The highest BCUT2D eigenvalue weighted by Gasteiger charge is 2.24. The molecule has 1 fully saturated rings. The quantitative estimate of drug-likeness (QED) is 0.426. The van der Waals surface area contributed by atoms with Gasteiger partial charge in [0.15, 0.2) is 0 Å². The highest BCUT2D eigenvalue weighted by molar-refractivity contribution is 5.63. The highest BCUT2D eigenvalue weighted by Crippen LogP contribution is 2.40. The van der Waals surface area contributed by atoms with E-state index in [-0.39, 0.29) is 5.82 Å². The van der Waals surface area contributed by atoms with E-state index in [0.717, 1.165) is 17.0 Å². The van der Waals surface area contributed by atoms with Crippen LogP contribution in [0.1, 0.15) is 62.0 Å². The molecule has 0 amide bonds. The Hall–Kier alpha value is -2.41. The van der Waals surface area contributed by atoms with Crippen LogP contribution in [0.4, 0.5) is 4.39 Å². The van der Waals surface area contributed by atoms with Crippen LogP contribution in [0, 0.1) is 11.7 Å². The van der Waals surface area contributed by atoms with Crippen molar-refractivity contribution in [2.45, 2.75) is 50.9 Å². The summed E-state index contributed by atoms with van der Waals surface area (Å²) in [5.41, 5.74) is 5.17. The van der Waals surface area contributed by atoms with Gasteiger partial charge in [0.05, 0.1) is 0 Å². The van der Waals surface area contributed by atoms with Gasteiger partial charge in [-0.1, -0.05) is 73.7 Å². The Balaban J connectivity index is 1.33. The Morgan fingerprint density at radius 2 is 1.32 bits per heavy atom. The predicted molar refractivity (Wildman–Crippen MR) is 116 cm³/mol. The van der Waals surface area contributed by atoms with Crippen LogP contribution in [0.3, 0.4) is 0 Å². The summed E-state index contributed by atoms with van der Waals surface area (Å²) in [6.45, 7) is 2.37. The van der Waals surface area contributed by atoms with Gasteiger partial charge in [-0.3, -0.25) is 0 Å². The fraction of sp³-hybridized carbons (Fsp3) is 0.333. The maximum absolute atomic E-state index is 13.1. The summed E-state index contributed by atoms with van der Waals surface area (Å²) in [5.74, 6) is 2.01. The molecule has 0 radical (unpaired) electrons. The van der Waals surface area contributed by atoms with Crippen LogP contribution >= 0.6 is 0 Å². The summed E-state index contributed by atoms with van der Waals surface area (Å²) in [5, 5.41) is 0. The maximum atomic E-state index is 13.1. The average Bonchev–Trinajstić information content (AvgIpc) is 2.76. The molecule has 0 spiro atoms. The largest absolute Gasteiger partial charge is 0.207 e. The number of hydrogen-bond donors (Lipinski definition) is 0. The van der Waals surface area contributed by atoms with E-state index in [1.807, 2.05) is 12.1 Å². The van der Waals surface area contributed by atoms with Gasteiger partial charge in [-0.25, -0.2) is 4.39 Å². The van der Waals surface area contributed by atoms with E-state index < -0.39 is 0 Å². The maximum Gasteiger partial charge on any atom is 0.123 e. The predicted octanol–water partition coefficient (Wildman–Crippen LogP) is 7.96. The van der Waals surface area contributed by atoms with Gasteiger partial charge in [-0.2, -0.15) is 0 Å². The van der Waals surface area contributed by atoms with Gasteiger partial charge in [0.25, 0.3) is 0 Å². The monoisotopic (exact) mass is 372 g/mol. The molecular weight excluding hydrogens is 343 g/mol. The molecule has 3 aromatic rings. The van der Waals surface area contributed by atoms with Crippen LogP contribution in [0.15, 0.2) is 78.9 Å². The van der Waals surface area contributed by atoms with Crippen molar-refractivity contribution in [2.24, 2.45) is 5.92 Å². The van der Waals surface area contributed by atoms with Crippen molar-refractivity contribution in [2.75, 3.05) is 0 Å². The molecule has 3 aromatic carbocycles. The first-order valence-corrected chi connectivity index (χ1v) is 10.6. The molecule has 28 heavy (non-hydrogen) atoms. The topological polar surface area (TPSA) is 0 Å². The Kier molecular flexibility index (Phi) is 5.90. The lowest BCUT2D eigenvalue weighted by Gasteiger charge is -2.30. The van der Waals surface area contributed by atoms with Crippen LogP contribution in [0.25, 0.3) is 11.1 Å². The molecule has 1 heteroatoms. The summed E-state index contributed by atoms with van der Waals surface area (Å²) in [6, 6.07) is 26.6. The average molecular weight is 373 g/mol. The van der Waals surface area contributed by atoms with Crippen molar-refractivity contribution in [3.63, 3.8) is 0 Å². The SMILES string of the molecule is C[C@H](CC1CCC(c2ccc(-c3ccc(F)cc3)cc2)CC1)c1ccccc1. The second kappa shape index (κ2) is 8.73. The molecule has 144 valence electrons. The molecule has 0 nitrogen and oxygen atoms in total. The van der Waals surface area contributed by atoms with Crippen molar-refractivity contribution in [1.82, 2.24) is 0 Å². The number of halogens is 1. The third-order valence-electron chi connectivity index (χ3n) is 6.46. The molecule has 1 aliphatic carbocycles. The van der Waals surface area contributed by atoms with E-state index in [0.29, 0.717) is 11.8 Å². The van der Waals surface area contributed by atoms with Gasteiger partial charge >= 0.3 is 0 Å². The fourth-order valence-corrected chi connectivity index (χ4v) is 4.74. The van der Waals surface area contributed by atoms with Crippen LogP contribution in [-0.2, 0) is 0 Å². The van der Waals surface area contributed by atoms with Crippen molar-refractivity contribution < 1.29 is 4.39 Å². The third kappa shape index (κ3) is 4.52. The number of rotatable bonds is 5. The molecule has 4 rings (SSSR count). The van der Waals surface area contributed by atoms with Gasteiger partial charge in [0, 0.05) is 0 Å². The molecule has 0 saturated heterocycles. The first-order chi connectivity index (χ1) is 13.7. The summed E-state index contributed by atoms with van der Waals surface area (Å²) in [6.07, 6.45) is 6.56. The molecule has 0 heterocycles. The van der Waals surface area contributed by atoms with Gasteiger partial charge in [-0.05, 0) is 84.2 Å². The van der Waals surface area contributed by atoms with Crippen LogP contribution < -0.4 is 0 Å². The smallest absolute Gasteiger partial charge is 0.123 e. The highest BCUT2D eigenvalue weighted by atomic mass is 19.1. The molecule has 1 aliphatic rings. The van der Waals surface area contributed by atoms with E-state index in [1.54, 1.807) is 0 Å². The van der Waals surface area contributed by atoms with Crippen LogP contribution in [0.5, 0.6) is 0 Å². The summed E-state index contributed by atoms with van der Waals surface area (Å²) in [4.78, 5) is 0. The molecule has 0 unspecified atom stereocenters. The Morgan fingerprint density at radius 1 is 0.750 bits per heavy atom. The lowest BCUT2D eigenvalue weighted by molar-refractivity contribution is 0.297. The van der Waals surface area contributed by atoms with Gasteiger partial charge in [-0.15, -0.1) is 0 Å². The lowest BCUT2D eigenvalue weighted by atomic mass is 9.75. The third-order valence-corrected chi connectivity index (χ3v) is 6.46. The second-order valence-corrected chi connectivity index (χ2v) is 8.39. The molecule has 0 aromatic heterocycles. The minimum atomic E-state index is -0.182. The van der Waals surface area contributed by atoms with Crippen molar-refractivity contribution in [1.29, 1.82) is 0 Å². The van der Waals surface area contributed by atoms with Gasteiger partial charge in [0.2, 0.25) is 0 Å². The molecule has 0 N–H and O–H groups in total. The first kappa shape index (κ1) is 18.9. The zero-order valence-electron chi connectivity index (χ0n) is 16.7. The van der Waals surface area contributed by atoms with Crippen molar-refractivity contribution >= 4 is 0 Å². The van der Waals surface area contributed by atoms with E-state index in [1.165, 1.54) is 55.4 Å². The Bertz CT molecular complexity index is 856. The minimum absolute atomic E-state index is 0.182. The normalized spacial score (nSPS) is 20.6. The fourth-order valence-electron chi connectivity index (χ4n) is 4.74. The number of hydrogen-bond acceptors (Lipinski definition) is 0. The summed E-state index contributed by atoms with van der Waals surface area (Å²) < 4.78 is 13.1. The van der Waals surface area contributed by atoms with Gasteiger partial charge in [0.1, 0.15) is 5.82 Å². The van der Waals surface area contributed by atoms with Crippen molar-refractivity contribution in [3.05, 3.63) is 95.8 Å². The van der Waals surface area contributed by atoms with Crippen molar-refractivity contribution in [3.8, 4) is 11.1 Å². The van der Waals surface area contributed by atoms with E-state index in [2.05, 4.69) is 61.5 Å². The minimum Gasteiger partial charge on any atom is -0.207 e. The Labute approximate surface area is 168 Å². The second-order valence-electron chi connectivity index (χ2n) is 8.39. The first-order valence-electron chi connectivity index (χ1n) is 10.6. The zero-order chi connectivity index (χ0) is 19.3.